The zero-order valence-corrected chi connectivity index (χ0v) is 53.4. The van der Waals surface area contributed by atoms with Crippen molar-refractivity contribution in [1.29, 1.82) is 0 Å². The molecule has 4 heterocycles. The van der Waals surface area contributed by atoms with E-state index in [2.05, 4.69) is 0 Å². The number of carbonyl (C=O) groups is 5. The molecule has 20 atom stereocenters. The van der Waals surface area contributed by atoms with Gasteiger partial charge in [0.25, 0.3) is 0 Å². The van der Waals surface area contributed by atoms with Crippen molar-refractivity contribution in [2.24, 2.45) is 0 Å². The number of carboxylic acid groups (broad SMARTS) is 3. The number of carbonyl (C=O) groups excluding carboxylic acids is 2. The lowest BCUT2D eigenvalue weighted by Crippen LogP contribution is -2.59. The minimum Gasteiger partial charge on any atom is -0.480 e. The zero-order valence-electron chi connectivity index (χ0n) is 53.4. The first-order valence-corrected chi connectivity index (χ1v) is 32.3. The smallest absolute Gasteiger partial charge is 0.317 e. The van der Waals surface area contributed by atoms with Gasteiger partial charge in [0.15, 0.2) is 25.2 Å². The van der Waals surface area contributed by atoms with Crippen molar-refractivity contribution in [3.05, 3.63) is 0 Å². The summed E-state index contributed by atoms with van der Waals surface area (Å²) in [5.74, 6) is -4.91. The first-order chi connectivity index (χ1) is 45.3. The summed E-state index contributed by atoms with van der Waals surface area (Å²) in [6.07, 6.45) is -24.7. The molecule has 0 aromatic heterocycles. The van der Waals surface area contributed by atoms with Crippen LogP contribution in [0.15, 0.2) is 0 Å². The molecule has 37 nitrogen and oxygen atoms in total. The predicted octanol–water partition coefficient (Wildman–Crippen LogP) is -9.25. The van der Waals surface area contributed by atoms with Gasteiger partial charge in [-0.1, -0.05) is 0 Å². The fourth-order valence-corrected chi connectivity index (χ4v) is 11.1. The molecule has 4 unspecified atom stereocenters. The molecule has 554 valence electrons. The summed E-state index contributed by atoms with van der Waals surface area (Å²) in [6, 6.07) is 0. The summed E-state index contributed by atoms with van der Waals surface area (Å²) in [6.45, 7) is -5.36. The summed E-state index contributed by atoms with van der Waals surface area (Å²) in [5, 5.41) is 190. The molecule has 0 bridgehead atoms. The van der Waals surface area contributed by atoms with Gasteiger partial charge in [-0.2, -0.15) is 0 Å². The Morgan fingerprint density at radius 1 is 0.274 bits per heavy atom. The monoisotopic (exact) mass is 1380 g/mol. The Morgan fingerprint density at radius 3 is 0.716 bits per heavy atom. The number of aliphatic hydroxyl groups is 16. The average Bonchev–Trinajstić information content (AvgIpc) is 1.04. The van der Waals surface area contributed by atoms with E-state index in [1.165, 1.54) is 24.5 Å². The second-order valence-corrected chi connectivity index (χ2v) is 24.2. The number of amides is 2. The molecule has 19 N–H and O–H groups in total. The van der Waals surface area contributed by atoms with E-state index in [-0.39, 0.29) is 78.8 Å². The van der Waals surface area contributed by atoms with Crippen molar-refractivity contribution in [2.45, 2.75) is 200 Å². The Bertz CT molecular complexity index is 1950. The molecule has 95 heavy (non-hydrogen) atoms. The van der Waals surface area contributed by atoms with Crippen molar-refractivity contribution in [3.63, 3.8) is 0 Å². The molecule has 0 spiro atoms. The van der Waals surface area contributed by atoms with Gasteiger partial charge < -0.3 is 145 Å². The number of hydrogen-bond donors (Lipinski definition) is 19. The van der Waals surface area contributed by atoms with Crippen LogP contribution in [0.1, 0.15) is 77.0 Å². The van der Waals surface area contributed by atoms with Crippen LogP contribution in [0.5, 0.6) is 0 Å². The van der Waals surface area contributed by atoms with E-state index >= 15 is 0 Å². The third-order valence-electron chi connectivity index (χ3n) is 16.8. The van der Waals surface area contributed by atoms with Gasteiger partial charge in [-0.05, 0) is 77.0 Å². The van der Waals surface area contributed by atoms with Gasteiger partial charge in [0.05, 0.1) is 59.2 Å². The van der Waals surface area contributed by atoms with E-state index in [1.54, 1.807) is 0 Å². The fourth-order valence-electron chi connectivity index (χ4n) is 11.1. The Hall–Kier alpha value is -3.73. The maximum absolute atomic E-state index is 14.2. The van der Waals surface area contributed by atoms with Gasteiger partial charge in [-0.15, -0.1) is 0 Å². The van der Waals surface area contributed by atoms with Crippen LogP contribution in [0.25, 0.3) is 0 Å². The van der Waals surface area contributed by atoms with E-state index in [4.69, 9.17) is 37.9 Å². The SMILES string of the molecule is O=C(O)CN(CCN(CC(=O)O)CC(=O)N(CCCCCOC1O[C@H](CO)[C@@H](O)[C@H](O)[C@@H]1O)CCCCCOC1O[C@H](CO)[C@@H](O)[C@H](O)[C@@H]1O)CCN(CC(=O)O)CC(=O)N(CCCCCOC1O[C@@H](CO)[C@H](O)[C@@H](O)[C@H]1O)CCCCCOC1O[C@@H](CO)[C@H](O)[C@@H](O)[C@H]1O. The molecular weight excluding hydrogens is 1280 g/mol. The number of nitrogens with zero attached hydrogens (tertiary/aromatic N) is 5. The highest BCUT2D eigenvalue weighted by Gasteiger charge is 2.47. The molecule has 4 aliphatic heterocycles. The quantitative estimate of drug-likeness (QED) is 0.0252. The Labute approximate surface area is 549 Å². The van der Waals surface area contributed by atoms with Crippen molar-refractivity contribution >= 4 is 29.7 Å². The molecule has 4 aliphatic rings. The maximum atomic E-state index is 14.2. The number of ether oxygens (including phenoxy) is 8. The standard InChI is InChI=1S/C58H105N5O32/c64-30-34-43(76)47(80)51(84)55(92-34)88-21-9-1-5-13-62(14-6-2-10-22-89-56-52(85)48(81)44(77)35(31-65)93-56)38(68)25-60(28-41(72)73)19-17-59(27-40(70)71)18-20-61(29-42(74)75)26-39(69)63(15-7-3-11-23-90-57-53(86)49(82)45(78)36(32-66)94-57)16-8-4-12-24-91-58-54(87)50(83)46(79)37(33-67)95-58/h34-37,43-58,64-67,76-87H,1-33H2,(H,70,71)(H,72,73)(H,74,75)/t34-,35-,36+,37+,43-,44-,45+,46+,47+,48+,49-,50-,51+,52+,53-,54-,55?,56?,57?,58?. The Balaban J connectivity index is 1.39. The predicted molar refractivity (Wildman–Crippen MR) is 320 cm³/mol. The molecule has 2 amide bonds. The molecule has 0 aromatic carbocycles. The fraction of sp³-hybridized carbons (Fsp3) is 0.914. The largest absolute Gasteiger partial charge is 0.480 e. The maximum Gasteiger partial charge on any atom is 0.317 e. The topological polar surface area (TPSA) is 560 Å². The second kappa shape index (κ2) is 44.4. The molecule has 0 aromatic rings. The Kier molecular flexibility index (Phi) is 39.1. The molecule has 37 heteroatoms. The Morgan fingerprint density at radius 2 is 0.495 bits per heavy atom. The summed E-state index contributed by atoms with van der Waals surface area (Å²) in [4.78, 5) is 72.1. The van der Waals surface area contributed by atoms with E-state index in [0.717, 1.165) is 0 Å². The first kappa shape index (κ1) is 83.7. The van der Waals surface area contributed by atoms with Crippen LogP contribution in [0, 0.1) is 0 Å². The molecule has 0 aliphatic carbocycles. The van der Waals surface area contributed by atoms with E-state index in [0.29, 0.717) is 77.0 Å². The second-order valence-electron chi connectivity index (χ2n) is 24.2. The van der Waals surface area contributed by atoms with E-state index in [9.17, 15) is 121 Å². The lowest BCUT2D eigenvalue weighted by atomic mass is 9.99. The molecular formula is C58H105N5O32. The van der Waals surface area contributed by atoms with Crippen LogP contribution in [0.3, 0.4) is 0 Å². The number of aliphatic hydroxyl groups excluding tert-OH is 16. The minimum absolute atomic E-state index is 0.00691. The van der Waals surface area contributed by atoms with Gasteiger partial charge in [-0.3, -0.25) is 38.7 Å². The molecule has 0 radical (unpaired) electrons. The molecule has 4 saturated heterocycles. The van der Waals surface area contributed by atoms with Crippen molar-refractivity contribution in [3.8, 4) is 0 Å². The normalized spacial score (nSPS) is 31.3. The number of rotatable bonds is 48. The van der Waals surface area contributed by atoms with Gasteiger partial charge in [-0.25, -0.2) is 0 Å². The van der Waals surface area contributed by atoms with Gasteiger partial charge >= 0.3 is 17.9 Å². The highest BCUT2D eigenvalue weighted by molar-refractivity contribution is 5.80. The van der Waals surface area contributed by atoms with Crippen molar-refractivity contribution < 1.29 is 159 Å². The number of unbranched alkanes of at least 4 members (excludes halogenated alkanes) is 8. The van der Waals surface area contributed by atoms with Crippen LogP contribution in [0.2, 0.25) is 0 Å². The average molecular weight is 1380 g/mol. The van der Waals surface area contributed by atoms with Crippen molar-refractivity contribution in [1.82, 2.24) is 24.5 Å². The summed E-state index contributed by atoms with van der Waals surface area (Å²) in [5.41, 5.74) is 0. The van der Waals surface area contributed by atoms with Gasteiger partial charge in [0.2, 0.25) is 11.8 Å². The van der Waals surface area contributed by atoms with Crippen LogP contribution >= 0.6 is 0 Å². The summed E-state index contributed by atoms with van der Waals surface area (Å²) >= 11 is 0. The molecule has 4 rings (SSSR count). The lowest BCUT2D eigenvalue weighted by molar-refractivity contribution is -0.301. The van der Waals surface area contributed by atoms with Crippen LogP contribution < -0.4 is 0 Å². The third kappa shape index (κ3) is 28.1. The zero-order chi connectivity index (χ0) is 70.3. The van der Waals surface area contributed by atoms with Crippen molar-refractivity contribution in [2.75, 3.05) is 138 Å². The lowest BCUT2D eigenvalue weighted by Gasteiger charge is -2.39. The third-order valence-corrected chi connectivity index (χ3v) is 16.8. The van der Waals surface area contributed by atoms with E-state index in [1.807, 2.05) is 0 Å². The van der Waals surface area contributed by atoms with Crippen LogP contribution in [-0.4, -0.2) is 412 Å². The first-order valence-electron chi connectivity index (χ1n) is 32.3. The highest BCUT2D eigenvalue weighted by Crippen LogP contribution is 2.26. The molecule has 4 fully saturated rings. The number of aliphatic carboxylic acids is 3. The molecule has 0 saturated carbocycles. The van der Waals surface area contributed by atoms with Crippen LogP contribution in [-0.2, 0) is 61.9 Å². The minimum atomic E-state index is -1.64. The number of carboxylic acids is 3. The highest BCUT2D eigenvalue weighted by atomic mass is 16.7. The summed E-state index contributed by atoms with van der Waals surface area (Å²) < 4.78 is 43.9. The summed E-state index contributed by atoms with van der Waals surface area (Å²) in [7, 11) is 0. The van der Waals surface area contributed by atoms with Crippen LogP contribution in [0.4, 0.5) is 0 Å². The van der Waals surface area contributed by atoms with E-state index < -0.39 is 212 Å². The number of hydrogen-bond acceptors (Lipinski definition) is 32. The van der Waals surface area contributed by atoms with Gasteiger partial charge in [0.1, 0.15) is 97.7 Å². The van der Waals surface area contributed by atoms with Gasteiger partial charge in [0, 0.05) is 78.8 Å².